The standard InChI is InChI=1S/C13H16O5/c1-8(14)6-11(13(15)16)10-5-4-9(17-2)7-12(10)18-3/h4-5,7,11H,6H2,1-3H3,(H,15,16). The number of rotatable bonds is 6. The third-order valence-corrected chi connectivity index (χ3v) is 2.61. The summed E-state index contributed by atoms with van der Waals surface area (Å²) >= 11 is 0. The van der Waals surface area contributed by atoms with Crippen molar-refractivity contribution in [3.63, 3.8) is 0 Å². The number of hydrogen-bond donors (Lipinski definition) is 1. The minimum Gasteiger partial charge on any atom is -0.497 e. The van der Waals surface area contributed by atoms with Crippen molar-refractivity contribution >= 4 is 11.8 Å². The maximum Gasteiger partial charge on any atom is 0.311 e. The van der Waals surface area contributed by atoms with Crippen molar-refractivity contribution in [1.29, 1.82) is 0 Å². The Kier molecular flexibility index (Phi) is 4.71. The molecule has 0 fully saturated rings. The van der Waals surface area contributed by atoms with Gasteiger partial charge in [0.15, 0.2) is 0 Å². The third kappa shape index (κ3) is 3.23. The molecule has 0 radical (unpaired) electrons. The molecule has 1 rings (SSSR count). The first-order valence-electron chi connectivity index (χ1n) is 5.43. The summed E-state index contributed by atoms with van der Waals surface area (Å²) < 4.78 is 10.2. The molecule has 0 bridgehead atoms. The maximum atomic E-state index is 11.2. The van der Waals surface area contributed by atoms with Gasteiger partial charge in [-0.1, -0.05) is 6.07 Å². The predicted molar refractivity (Wildman–Crippen MR) is 65.2 cm³/mol. The lowest BCUT2D eigenvalue weighted by atomic mass is 9.93. The molecule has 5 nitrogen and oxygen atoms in total. The number of carboxylic acids is 1. The van der Waals surface area contributed by atoms with Crippen molar-refractivity contribution in [2.24, 2.45) is 0 Å². The molecule has 0 saturated heterocycles. The summed E-state index contributed by atoms with van der Waals surface area (Å²) in [6.07, 6.45) is -0.0575. The first kappa shape index (κ1) is 14.0. The highest BCUT2D eigenvalue weighted by Gasteiger charge is 2.25. The number of carbonyl (C=O) groups is 2. The number of ether oxygens (including phenoxy) is 2. The molecule has 98 valence electrons. The van der Waals surface area contributed by atoms with E-state index >= 15 is 0 Å². The molecule has 0 aliphatic rings. The van der Waals surface area contributed by atoms with Crippen LogP contribution in [0.15, 0.2) is 18.2 Å². The Morgan fingerprint density at radius 3 is 2.39 bits per heavy atom. The summed E-state index contributed by atoms with van der Waals surface area (Å²) in [5.41, 5.74) is 0.473. The number of Topliss-reactive ketones (excluding diaryl/α,β-unsaturated/α-hetero) is 1. The van der Waals surface area contributed by atoms with Crippen LogP contribution in [-0.2, 0) is 9.59 Å². The highest BCUT2D eigenvalue weighted by Crippen LogP contribution is 2.32. The number of carbonyl (C=O) groups excluding carboxylic acids is 1. The van der Waals surface area contributed by atoms with Crippen molar-refractivity contribution in [1.82, 2.24) is 0 Å². The van der Waals surface area contributed by atoms with Crippen LogP contribution in [0.4, 0.5) is 0 Å². The first-order valence-corrected chi connectivity index (χ1v) is 5.43. The van der Waals surface area contributed by atoms with Crippen LogP contribution in [0.2, 0.25) is 0 Å². The molecule has 0 spiro atoms. The topological polar surface area (TPSA) is 72.8 Å². The van der Waals surface area contributed by atoms with E-state index in [0.29, 0.717) is 17.1 Å². The second-order valence-electron chi connectivity index (χ2n) is 3.90. The fourth-order valence-corrected chi connectivity index (χ4v) is 1.72. The van der Waals surface area contributed by atoms with Crippen molar-refractivity contribution in [3.8, 4) is 11.5 Å². The summed E-state index contributed by atoms with van der Waals surface area (Å²) in [6, 6.07) is 4.86. The lowest BCUT2D eigenvalue weighted by Gasteiger charge is -2.15. The average molecular weight is 252 g/mol. The molecule has 1 N–H and O–H groups in total. The van der Waals surface area contributed by atoms with Crippen LogP contribution in [0.25, 0.3) is 0 Å². The lowest BCUT2D eigenvalue weighted by molar-refractivity contribution is -0.140. The van der Waals surface area contributed by atoms with Crippen LogP contribution in [0, 0.1) is 0 Å². The smallest absolute Gasteiger partial charge is 0.311 e. The van der Waals surface area contributed by atoms with E-state index in [-0.39, 0.29) is 12.2 Å². The van der Waals surface area contributed by atoms with E-state index in [4.69, 9.17) is 9.47 Å². The van der Waals surface area contributed by atoms with Gasteiger partial charge in [0, 0.05) is 18.1 Å². The van der Waals surface area contributed by atoms with Crippen LogP contribution in [0.3, 0.4) is 0 Å². The van der Waals surface area contributed by atoms with Gasteiger partial charge in [0.25, 0.3) is 0 Å². The van der Waals surface area contributed by atoms with Gasteiger partial charge < -0.3 is 14.6 Å². The van der Waals surface area contributed by atoms with E-state index in [9.17, 15) is 14.7 Å². The number of ketones is 1. The van der Waals surface area contributed by atoms with Gasteiger partial charge in [-0.15, -0.1) is 0 Å². The molecule has 0 aliphatic carbocycles. The molecular formula is C13H16O5. The molecule has 1 unspecified atom stereocenters. The molecule has 1 aromatic rings. The highest BCUT2D eigenvalue weighted by atomic mass is 16.5. The lowest BCUT2D eigenvalue weighted by Crippen LogP contribution is -2.15. The third-order valence-electron chi connectivity index (χ3n) is 2.61. The molecule has 1 aromatic carbocycles. The van der Waals surface area contributed by atoms with Crippen molar-refractivity contribution < 1.29 is 24.2 Å². The molecule has 0 amide bonds. The molecule has 0 saturated carbocycles. The molecule has 5 heteroatoms. The molecular weight excluding hydrogens is 236 g/mol. The van der Waals surface area contributed by atoms with Gasteiger partial charge in [-0.2, -0.15) is 0 Å². The van der Waals surface area contributed by atoms with Crippen LogP contribution in [0.1, 0.15) is 24.8 Å². The largest absolute Gasteiger partial charge is 0.497 e. The second kappa shape index (κ2) is 6.05. The molecule has 1 atom stereocenters. The summed E-state index contributed by atoms with van der Waals surface area (Å²) in [5, 5.41) is 9.18. The van der Waals surface area contributed by atoms with Gasteiger partial charge in [-0.3, -0.25) is 9.59 Å². The van der Waals surface area contributed by atoms with Crippen molar-refractivity contribution in [2.45, 2.75) is 19.3 Å². The van der Waals surface area contributed by atoms with E-state index < -0.39 is 11.9 Å². The Bertz CT molecular complexity index is 453. The van der Waals surface area contributed by atoms with E-state index in [1.165, 1.54) is 21.1 Å². The van der Waals surface area contributed by atoms with Gasteiger partial charge >= 0.3 is 5.97 Å². The zero-order chi connectivity index (χ0) is 13.7. The summed E-state index contributed by atoms with van der Waals surface area (Å²) in [4.78, 5) is 22.3. The quantitative estimate of drug-likeness (QED) is 0.836. The van der Waals surface area contributed by atoms with Crippen molar-refractivity contribution in [2.75, 3.05) is 14.2 Å². The van der Waals surface area contributed by atoms with Crippen molar-refractivity contribution in [3.05, 3.63) is 23.8 Å². The highest BCUT2D eigenvalue weighted by molar-refractivity contribution is 5.86. The Morgan fingerprint density at radius 2 is 1.94 bits per heavy atom. The van der Waals surface area contributed by atoms with Crippen LogP contribution in [-0.4, -0.2) is 31.1 Å². The Morgan fingerprint density at radius 1 is 1.28 bits per heavy atom. The zero-order valence-electron chi connectivity index (χ0n) is 10.6. The van der Waals surface area contributed by atoms with Crippen LogP contribution in [0.5, 0.6) is 11.5 Å². The monoisotopic (exact) mass is 252 g/mol. The Balaban J connectivity index is 3.18. The second-order valence-corrected chi connectivity index (χ2v) is 3.90. The van der Waals surface area contributed by atoms with Crippen LogP contribution >= 0.6 is 0 Å². The number of carboxylic acid groups (broad SMARTS) is 1. The van der Waals surface area contributed by atoms with E-state index in [0.717, 1.165) is 0 Å². The molecule has 18 heavy (non-hydrogen) atoms. The fourth-order valence-electron chi connectivity index (χ4n) is 1.72. The predicted octanol–water partition coefficient (Wildman–Crippen LogP) is 1.85. The first-order chi connectivity index (χ1) is 8.49. The minimum atomic E-state index is -1.05. The van der Waals surface area contributed by atoms with E-state index in [1.54, 1.807) is 18.2 Å². The van der Waals surface area contributed by atoms with Crippen LogP contribution < -0.4 is 9.47 Å². The van der Waals surface area contributed by atoms with Gasteiger partial charge in [0.1, 0.15) is 17.3 Å². The van der Waals surface area contributed by atoms with E-state index in [2.05, 4.69) is 0 Å². The Hall–Kier alpha value is -2.04. The molecule has 0 aliphatic heterocycles. The van der Waals surface area contributed by atoms with Gasteiger partial charge in [-0.05, 0) is 13.0 Å². The number of aliphatic carboxylic acids is 1. The summed E-state index contributed by atoms with van der Waals surface area (Å²) in [7, 11) is 2.96. The average Bonchev–Trinajstić information content (AvgIpc) is 2.34. The number of methoxy groups -OCH3 is 2. The SMILES string of the molecule is COc1ccc(C(CC(C)=O)C(=O)O)c(OC)c1. The van der Waals surface area contributed by atoms with Gasteiger partial charge in [0.2, 0.25) is 0 Å². The summed E-state index contributed by atoms with van der Waals surface area (Å²) in [6.45, 7) is 1.37. The fraction of sp³-hybridized carbons (Fsp3) is 0.385. The number of benzene rings is 1. The van der Waals surface area contributed by atoms with Gasteiger partial charge in [-0.25, -0.2) is 0 Å². The molecule has 0 aromatic heterocycles. The maximum absolute atomic E-state index is 11.2. The summed E-state index contributed by atoms with van der Waals surface area (Å²) in [5.74, 6) is -1.15. The number of hydrogen-bond acceptors (Lipinski definition) is 4. The molecule has 0 heterocycles. The normalized spacial score (nSPS) is 11.7. The minimum absolute atomic E-state index is 0.0575. The van der Waals surface area contributed by atoms with Gasteiger partial charge in [0.05, 0.1) is 20.1 Å². The van der Waals surface area contributed by atoms with E-state index in [1.807, 2.05) is 0 Å². The Labute approximate surface area is 105 Å². The zero-order valence-corrected chi connectivity index (χ0v) is 10.6.